The molecule has 0 heterocycles. The van der Waals surface area contributed by atoms with Crippen molar-refractivity contribution in [1.29, 1.82) is 0 Å². The van der Waals surface area contributed by atoms with Gasteiger partial charge in [-0.05, 0) is 64.2 Å². The lowest BCUT2D eigenvalue weighted by molar-refractivity contribution is -0.148. The predicted molar refractivity (Wildman–Crippen MR) is 242 cm³/mol. The maximum atomic E-state index is 12.1. The third kappa shape index (κ3) is 43.8. The van der Waals surface area contributed by atoms with Crippen LogP contribution in [0.15, 0.2) is 24.3 Å². The number of phosphoric ester groups is 2. The van der Waals surface area contributed by atoms with Gasteiger partial charge < -0.3 is 34.6 Å². The van der Waals surface area contributed by atoms with Gasteiger partial charge >= 0.3 is 27.6 Å². The van der Waals surface area contributed by atoms with Gasteiger partial charge in [0.25, 0.3) is 0 Å². The van der Waals surface area contributed by atoms with Crippen LogP contribution in [0, 0.1) is 0 Å². The Labute approximate surface area is 373 Å². The van der Waals surface area contributed by atoms with E-state index in [-0.39, 0.29) is 12.8 Å². The quantitative estimate of drug-likeness (QED) is 0.0166. The highest BCUT2D eigenvalue weighted by molar-refractivity contribution is 7.47. The fourth-order valence-corrected chi connectivity index (χ4v) is 7.73. The Morgan fingerprint density at radius 2 is 0.645 bits per heavy atom. The number of hydrogen-bond donors (Lipinski definition) is 5. The molecule has 0 aromatic heterocycles. The van der Waals surface area contributed by atoms with Crippen LogP contribution in [0.1, 0.15) is 194 Å². The normalized spacial score (nSPS) is 15.4. The minimum absolute atomic E-state index is 0.193. The molecule has 366 valence electrons. The van der Waals surface area contributed by atoms with Crippen molar-refractivity contribution in [2.45, 2.75) is 212 Å². The third-order valence-electron chi connectivity index (χ3n) is 9.88. The summed E-state index contributed by atoms with van der Waals surface area (Å²) < 4.78 is 52.9. The number of allylic oxidation sites excluding steroid dienone is 4. The molecule has 0 aliphatic heterocycles. The molecule has 0 aromatic rings. The van der Waals surface area contributed by atoms with Crippen LogP contribution in [-0.4, -0.2) is 95.0 Å². The lowest BCUT2D eigenvalue weighted by Gasteiger charge is -2.19. The van der Waals surface area contributed by atoms with E-state index in [0.29, 0.717) is 12.8 Å². The van der Waals surface area contributed by atoms with Crippen molar-refractivity contribution in [3.05, 3.63) is 24.3 Å². The molecule has 0 spiro atoms. The van der Waals surface area contributed by atoms with Crippen LogP contribution < -0.4 is 0 Å². The molecule has 0 saturated carbocycles. The van der Waals surface area contributed by atoms with Crippen molar-refractivity contribution in [3.8, 4) is 0 Å². The SMILES string of the molecule is CCCCCC/C=C\CCCCCCCCCC(=O)OCC(O)COP(=O)(O)OCC(O)COP(=O)(O)OCC(O)COC(=O)CCCCCCCCC/C=C\CCCCCC. The van der Waals surface area contributed by atoms with E-state index in [2.05, 4.69) is 56.2 Å². The second-order valence-electron chi connectivity index (χ2n) is 16.1. The van der Waals surface area contributed by atoms with E-state index < -0.39 is 85.5 Å². The zero-order valence-electron chi connectivity index (χ0n) is 38.3. The number of esters is 2. The minimum Gasteiger partial charge on any atom is -0.463 e. The Kier molecular flexibility index (Phi) is 41.2. The molecule has 0 amide bonds. The second-order valence-corrected chi connectivity index (χ2v) is 19.0. The molecule has 0 radical (unpaired) electrons. The van der Waals surface area contributed by atoms with Crippen LogP contribution in [0.25, 0.3) is 0 Å². The van der Waals surface area contributed by atoms with Gasteiger partial charge in [-0.25, -0.2) is 9.13 Å². The molecule has 0 aliphatic carbocycles. The summed E-state index contributed by atoms with van der Waals surface area (Å²) in [5.74, 6) is -1.00. The summed E-state index contributed by atoms with van der Waals surface area (Å²) in [5, 5.41) is 30.0. The Morgan fingerprint density at radius 3 is 0.935 bits per heavy atom. The Morgan fingerprint density at radius 1 is 0.403 bits per heavy atom. The van der Waals surface area contributed by atoms with Crippen LogP contribution in [0.5, 0.6) is 0 Å². The monoisotopic (exact) mass is 929 g/mol. The van der Waals surface area contributed by atoms with Crippen molar-refractivity contribution in [3.63, 3.8) is 0 Å². The molecule has 4 atom stereocenters. The summed E-state index contributed by atoms with van der Waals surface area (Å²) in [4.78, 5) is 43.7. The first kappa shape index (κ1) is 60.5. The second kappa shape index (κ2) is 42.2. The lowest BCUT2D eigenvalue weighted by Crippen LogP contribution is -2.25. The summed E-state index contributed by atoms with van der Waals surface area (Å²) in [7, 11) is -9.56. The van der Waals surface area contributed by atoms with Gasteiger partial charge in [-0.3, -0.25) is 27.7 Å². The lowest BCUT2D eigenvalue weighted by atomic mass is 10.1. The largest absolute Gasteiger partial charge is 0.472 e. The first-order chi connectivity index (χ1) is 29.8. The molecule has 0 aromatic carbocycles. The molecule has 0 fully saturated rings. The predicted octanol–water partition coefficient (Wildman–Crippen LogP) is 10.5. The van der Waals surface area contributed by atoms with E-state index in [0.717, 1.165) is 51.4 Å². The smallest absolute Gasteiger partial charge is 0.463 e. The molecule has 0 rings (SSSR count). The third-order valence-corrected chi connectivity index (χ3v) is 11.8. The number of rotatable bonds is 46. The number of carbonyl (C=O) groups excluding carboxylic acids is 2. The number of phosphoric acid groups is 2. The number of ether oxygens (including phenoxy) is 2. The topological polar surface area (TPSA) is 225 Å². The van der Waals surface area contributed by atoms with Gasteiger partial charge in [-0.15, -0.1) is 0 Å². The van der Waals surface area contributed by atoms with Crippen LogP contribution in [0.4, 0.5) is 0 Å². The van der Waals surface area contributed by atoms with Gasteiger partial charge in [0.1, 0.15) is 31.5 Å². The number of aliphatic hydroxyl groups is 3. The van der Waals surface area contributed by atoms with E-state index >= 15 is 0 Å². The van der Waals surface area contributed by atoms with Crippen LogP contribution in [0.2, 0.25) is 0 Å². The first-order valence-electron chi connectivity index (χ1n) is 23.7. The van der Waals surface area contributed by atoms with E-state index in [9.17, 15) is 43.8 Å². The highest BCUT2D eigenvalue weighted by Crippen LogP contribution is 2.45. The average Bonchev–Trinajstić information content (AvgIpc) is 3.24. The molecule has 0 aliphatic rings. The zero-order valence-corrected chi connectivity index (χ0v) is 40.1. The highest BCUT2D eigenvalue weighted by atomic mass is 31.2. The number of aliphatic hydroxyl groups excluding tert-OH is 3. The fraction of sp³-hybridized carbons (Fsp3) is 0.867. The van der Waals surface area contributed by atoms with E-state index in [4.69, 9.17) is 9.47 Å². The molecule has 17 heteroatoms. The highest BCUT2D eigenvalue weighted by Gasteiger charge is 2.28. The standard InChI is InChI=1S/C45H86O15P2/c1-3-5-7-9-11-13-15-17-19-21-23-25-27-29-31-33-44(49)55-35-41(46)37-57-61(51,52)59-39-43(48)40-60-62(53,54)58-38-42(47)36-56-45(50)34-32-30-28-26-24-22-20-18-16-14-12-10-8-6-4-2/h13-16,41-43,46-48H,3-12,17-40H2,1-2H3,(H,51,52)(H,53,54)/b15-13-,16-14-. The van der Waals surface area contributed by atoms with Crippen molar-refractivity contribution in [1.82, 2.24) is 0 Å². The van der Waals surface area contributed by atoms with Crippen LogP contribution >= 0.6 is 15.6 Å². The Hall–Kier alpha value is -1.48. The maximum Gasteiger partial charge on any atom is 0.472 e. The van der Waals surface area contributed by atoms with Crippen molar-refractivity contribution in [2.75, 3.05) is 39.6 Å². The van der Waals surface area contributed by atoms with Crippen LogP contribution in [-0.2, 0) is 46.3 Å². The number of unbranched alkanes of at least 4 members (excludes halogenated alkanes) is 22. The van der Waals surface area contributed by atoms with Crippen LogP contribution in [0.3, 0.4) is 0 Å². The van der Waals surface area contributed by atoms with Gasteiger partial charge in [0.15, 0.2) is 0 Å². The summed E-state index contributed by atoms with van der Waals surface area (Å²) in [5.41, 5.74) is 0. The van der Waals surface area contributed by atoms with Gasteiger partial charge in [0.2, 0.25) is 0 Å². The molecule has 0 saturated heterocycles. The molecular weight excluding hydrogens is 842 g/mol. The summed E-state index contributed by atoms with van der Waals surface area (Å²) in [6.45, 7) is 0.397. The fourth-order valence-electron chi connectivity index (χ4n) is 6.14. The Balaban J connectivity index is 3.89. The average molecular weight is 929 g/mol. The maximum absolute atomic E-state index is 12.1. The van der Waals surface area contributed by atoms with Gasteiger partial charge in [0.05, 0.1) is 26.4 Å². The number of hydrogen-bond acceptors (Lipinski definition) is 13. The van der Waals surface area contributed by atoms with Gasteiger partial charge in [0, 0.05) is 12.8 Å². The van der Waals surface area contributed by atoms with Gasteiger partial charge in [-0.2, -0.15) is 0 Å². The summed E-state index contributed by atoms with van der Waals surface area (Å²) in [6, 6.07) is 0. The summed E-state index contributed by atoms with van der Waals surface area (Å²) >= 11 is 0. The molecule has 5 N–H and O–H groups in total. The molecule has 4 unspecified atom stereocenters. The zero-order chi connectivity index (χ0) is 46.0. The van der Waals surface area contributed by atoms with Crippen molar-refractivity contribution >= 4 is 27.6 Å². The van der Waals surface area contributed by atoms with E-state index in [1.165, 1.54) is 103 Å². The van der Waals surface area contributed by atoms with E-state index in [1.807, 2.05) is 0 Å². The minimum atomic E-state index is -4.78. The van der Waals surface area contributed by atoms with Gasteiger partial charge in [-0.1, -0.05) is 141 Å². The number of carbonyl (C=O) groups is 2. The summed E-state index contributed by atoms with van der Waals surface area (Å²) in [6.07, 6.45) is 34.5. The Bertz CT molecular complexity index is 1130. The first-order valence-corrected chi connectivity index (χ1v) is 26.7. The van der Waals surface area contributed by atoms with Crippen molar-refractivity contribution < 1.29 is 71.4 Å². The van der Waals surface area contributed by atoms with E-state index in [1.54, 1.807) is 0 Å². The van der Waals surface area contributed by atoms with Crippen molar-refractivity contribution in [2.24, 2.45) is 0 Å². The molecular formula is C45H86O15P2. The molecule has 15 nitrogen and oxygen atoms in total. The molecule has 62 heavy (non-hydrogen) atoms. The molecule has 0 bridgehead atoms.